The molecule has 54 heavy (non-hydrogen) atoms. The second-order valence-corrected chi connectivity index (χ2v) is 17.7. The summed E-state index contributed by atoms with van der Waals surface area (Å²) in [5, 5.41) is 24.2. The van der Waals surface area contributed by atoms with Crippen molar-refractivity contribution in [2.24, 2.45) is 0 Å². The lowest BCUT2D eigenvalue weighted by Gasteiger charge is -2.26. The summed E-state index contributed by atoms with van der Waals surface area (Å²) in [7, 11) is 1.50. The zero-order valence-corrected chi connectivity index (χ0v) is 36.5. The maximum absolute atomic E-state index is 12.9. The number of phosphoric ester groups is 1. The van der Waals surface area contributed by atoms with Gasteiger partial charge in [0.05, 0.1) is 46.0 Å². The quantitative estimate of drug-likeness (QED) is 0.0161. The fourth-order valence-electron chi connectivity index (χ4n) is 6.17. The van der Waals surface area contributed by atoms with Crippen molar-refractivity contribution in [3.05, 3.63) is 36.5 Å². The number of likely N-dealkylation sites (N-methyl/N-ethyl adjacent to an activating group) is 1. The minimum atomic E-state index is -4.36. The van der Waals surface area contributed by atoms with Gasteiger partial charge in [-0.3, -0.25) is 13.8 Å². The molecule has 0 spiro atoms. The van der Waals surface area contributed by atoms with E-state index >= 15 is 0 Å². The van der Waals surface area contributed by atoms with Crippen LogP contribution in [0.15, 0.2) is 36.5 Å². The van der Waals surface area contributed by atoms with Gasteiger partial charge in [-0.2, -0.15) is 0 Å². The molecule has 9 nitrogen and oxygen atoms in total. The van der Waals surface area contributed by atoms with Crippen molar-refractivity contribution in [3.63, 3.8) is 0 Å². The lowest BCUT2D eigenvalue weighted by molar-refractivity contribution is -0.870. The summed E-state index contributed by atoms with van der Waals surface area (Å²) in [5.41, 5.74) is 0. The molecule has 0 saturated heterocycles. The molecule has 2 unspecified atom stereocenters. The molecule has 0 aromatic heterocycles. The van der Waals surface area contributed by atoms with Crippen molar-refractivity contribution < 1.29 is 38.0 Å². The van der Waals surface area contributed by atoms with Gasteiger partial charge in [-0.15, -0.1) is 0 Å². The van der Waals surface area contributed by atoms with Crippen molar-refractivity contribution in [2.75, 3.05) is 40.9 Å². The molecule has 318 valence electrons. The topological polar surface area (TPSA) is 125 Å². The lowest BCUT2D eigenvalue weighted by Crippen LogP contribution is -2.46. The number of carbonyl (C=O) groups excluding carboxylic acids is 1. The highest BCUT2D eigenvalue weighted by molar-refractivity contribution is 7.47. The summed E-state index contributed by atoms with van der Waals surface area (Å²) in [5.74, 6) is -0.300. The van der Waals surface area contributed by atoms with Crippen LogP contribution in [0.1, 0.15) is 181 Å². The summed E-state index contributed by atoms with van der Waals surface area (Å²) < 4.78 is 23.5. The van der Waals surface area contributed by atoms with E-state index in [2.05, 4.69) is 37.4 Å². The number of amides is 1. The van der Waals surface area contributed by atoms with Crippen LogP contribution in [0.3, 0.4) is 0 Å². The second kappa shape index (κ2) is 36.0. The molecule has 0 saturated carbocycles. The molecule has 0 bridgehead atoms. The summed E-state index contributed by atoms with van der Waals surface area (Å²) in [4.78, 5) is 23.1. The predicted molar refractivity (Wildman–Crippen MR) is 227 cm³/mol. The number of aliphatic hydroxyl groups is 2. The number of rotatable bonds is 39. The van der Waals surface area contributed by atoms with Crippen LogP contribution >= 0.6 is 7.82 Å². The smallest absolute Gasteiger partial charge is 0.391 e. The van der Waals surface area contributed by atoms with Crippen molar-refractivity contribution >= 4 is 13.7 Å². The highest BCUT2D eigenvalue weighted by Crippen LogP contribution is 2.43. The molecular formula is C44H86N2O7P+. The third-order valence-corrected chi connectivity index (χ3v) is 10.7. The van der Waals surface area contributed by atoms with Crippen LogP contribution < -0.4 is 5.32 Å². The summed E-state index contributed by atoms with van der Waals surface area (Å²) in [6.45, 7) is 4.72. The number of phosphoric acid groups is 1. The highest BCUT2D eigenvalue weighted by atomic mass is 31.2. The van der Waals surface area contributed by atoms with Gasteiger partial charge in [-0.1, -0.05) is 172 Å². The maximum atomic E-state index is 12.9. The van der Waals surface area contributed by atoms with Gasteiger partial charge in [0.1, 0.15) is 13.2 Å². The molecule has 0 aromatic carbocycles. The van der Waals surface area contributed by atoms with E-state index in [4.69, 9.17) is 9.05 Å². The average Bonchev–Trinajstić information content (AvgIpc) is 3.11. The molecule has 1 amide bonds. The standard InChI is InChI=1S/C44H85N2O7P/c1-6-8-10-12-14-16-18-20-22-24-26-28-30-32-36-43(48)42(40-53-54(50,51)52-39-38-46(3,4)5)45-44(49)37-33-35-41(47)34-31-29-27-25-23-21-19-17-15-13-11-9-7-2/h21,23,27,29,31,34,41-43,47-48H,6-20,22,24-26,28,30,32-33,35-40H2,1-5H3,(H-,45,49,50,51)/p+1/b23-21+,29-27+,34-31+/t41?,42-,43+/m0/s1. The first kappa shape index (κ1) is 52.7. The molecule has 4 N–H and O–H groups in total. The number of carbonyl (C=O) groups is 1. The van der Waals surface area contributed by atoms with Gasteiger partial charge >= 0.3 is 7.82 Å². The van der Waals surface area contributed by atoms with Crippen molar-refractivity contribution in [1.29, 1.82) is 0 Å². The van der Waals surface area contributed by atoms with Crippen LogP contribution in [0.4, 0.5) is 0 Å². The van der Waals surface area contributed by atoms with Crippen LogP contribution in [-0.2, 0) is 18.4 Å². The first-order valence-corrected chi connectivity index (χ1v) is 23.5. The van der Waals surface area contributed by atoms with E-state index in [1.54, 1.807) is 6.08 Å². The third kappa shape index (κ3) is 37.6. The van der Waals surface area contributed by atoms with Crippen LogP contribution in [-0.4, -0.2) is 84.6 Å². The largest absolute Gasteiger partial charge is 0.472 e. The Bertz CT molecular complexity index is 998. The molecular weight excluding hydrogens is 699 g/mol. The second-order valence-electron chi connectivity index (χ2n) is 16.3. The van der Waals surface area contributed by atoms with Gasteiger partial charge in [0, 0.05) is 6.42 Å². The maximum Gasteiger partial charge on any atom is 0.472 e. The van der Waals surface area contributed by atoms with E-state index in [1.165, 1.54) is 109 Å². The van der Waals surface area contributed by atoms with E-state index in [9.17, 15) is 24.5 Å². The number of hydrogen-bond donors (Lipinski definition) is 4. The molecule has 0 radical (unpaired) electrons. The Morgan fingerprint density at radius 3 is 1.78 bits per heavy atom. The molecule has 0 rings (SSSR count). The fourth-order valence-corrected chi connectivity index (χ4v) is 6.91. The van der Waals surface area contributed by atoms with E-state index in [1.807, 2.05) is 33.3 Å². The Hall–Kier alpha value is -1.32. The van der Waals surface area contributed by atoms with Crippen molar-refractivity contribution in [3.8, 4) is 0 Å². The molecule has 10 heteroatoms. The van der Waals surface area contributed by atoms with E-state index in [0.717, 1.165) is 32.1 Å². The molecule has 4 atom stereocenters. The SMILES string of the molecule is CCCCCCCC/C=C/C/C=C/C=C/C(O)CCCC(=O)N[C@@H](COP(=O)(O)OCC[N+](C)(C)C)[C@H](O)CCCCCCCCCCCCCCCC. The van der Waals surface area contributed by atoms with Crippen molar-refractivity contribution in [2.45, 2.75) is 199 Å². The lowest BCUT2D eigenvalue weighted by atomic mass is 10.0. The summed E-state index contributed by atoms with van der Waals surface area (Å²) >= 11 is 0. The van der Waals surface area contributed by atoms with Gasteiger partial charge in [0.25, 0.3) is 0 Å². The van der Waals surface area contributed by atoms with Crippen LogP contribution in [0.5, 0.6) is 0 Å². The van der Waals surface area contributed by atoms with Crippen LogP contribution in [0, 0.1) is 0 Å². The number of nitrogens with one attached hydrogen (secondary N) is 1. The molecule has 0 aromatic rings. The monoisotopic (exact) mass is 786 g/mol. The minimum absolute atomic E-state index is 0.0405. The van der Waals surface area contributed by atoms with E-state index in [0.29, 0.717) is 30.3 Å². The summed E-state index contributed by atoms with van der Waals surface area (Å²) in [6, 6.07) is -0.850. The number of unbranched alkanes of at least 4 members (excludes halogenated alkanes) is 19. The van der Waals surface area contributed by atoms with Gasteiger partial charge in [-0.05, 0) is 38.5 Å². The molecule has 0 heterocycles. The molecule has 0 fully saturated rings. The Labute approximate surface area is 332 Å². The summed E-state index contributed by atoms with van der Waals surface area (Å²) in [6.07, 6.45) is 39.1. The highest BCUT2D eigenvalue weighted by Gasteiger charge is 2.28. The zero-order chi connectivity index (χ0) is 40.2. The number of allylic oxidation sites excluding steroid dienone is 5. The minimum Gasteiger partial charge on any atom is -0.391 e. The molecule has 0 aliphatic rings. The number of aliphatic hydroxyl groups excluding tert-OH is 2. The Morgan fingerprint density at radius 1 is 0.685 bits per heavy atom. The average molecular weight is 786 g/mol. The first-order valence-electron chi connectivity index (χ1n) is 22.0. The first-order chi connectivity index (χ1) is 25.9. The normalized spacial score (nSPS) is 15.3. The Balaban J connectivity index is 4.59. The zero-order valence-electron chi connectivity index (χ0n) is 35.6. The molecule has 0 aliphatic heterocycles. The Morgan fingerprint density at radius 2 is 1.22 bits per heavy atom. The van der Waals surface area contributed by atoms with Gasteiger partial charge in [0.2, 0.25) is 5.91 Å². The van der Waals surface area contributed by atoms with E-state index in [-0.39, 0.29) is 25.5 Å². The van der Waals surface area contributed by atoms with Gasteiger partial charge in [-0.25, -0.2) is 4.57 Å². The van der Waals surface area contributed by atoms with Crippen molar-refractivity contribution in [1.82, 2.24) is 5.32 Å². The molecule has 0 aliphatic carbocycles. The number of nitrogens with zero attached hydrogens (tertiary/aromatic N) is 1. The van der Waals surface area contributed by atoms with E-state index < -0.39 is 26.1 Å². The number of hydrogen-bond acceptors (Lipinski definition) is 6. The number of quaternary nitrogens is 1. The predicted octanol–water partition coefficient (Wildman–Crippen LogP) is 10.9. The van der Waals surface area contributed by atoms with Crippen LogP contribution in [0.2, 0.25) is 0 Å². The van der Waals surface area contributed by atoms with Gasteiger partial charge < -0.3 is 24.9 Å². The fraction of sp³-hybridized carbons (Fsp3) is 0.841. The van der Waals surface area contributed by atoms with Crippen LogP contribution in [0.25, 0.3) is 0 Å². The third-order valence-electron chi connectivity index (χ3n) is 9.75. The van der Waals surface area contributed by atoms with Gasteiger partial charge in [0.15, 0.2) is 0 Å². The Kier molecular flexibility index (Phi) is 35.2.